The zero-order valence-electron chi connectivity index (χ0n) is 8.81. The van der Waals surface area contributed by atoms with Crippen molar-refractivity contribution in [2.45, 2.75) is 12.3 Å². The van der Waals surface area contributed by atoms with Crippen molar-refractivity contribution in [3.05, 3.63) is 52.1 Å². The van der Waals surface area contributed by atoms with Gasteiger partial charge in [0, 0.05) is 22.3 Å². The largest absolute Gasteiger partial charge is 0.143 e. The van der Waals surface area contributed by atoms with E-state index in [0.29, 0.717) is 0 Å². The van der Waals surface area contributed by atoms with Gasteiger partial charge in [-0.3, -0.25) is 0 Å². The molecule has 0 saturated heterocycles. The minimum atomic E-state index is -0.0885. The highest BCUT2D eigenvalue weighted by Gasteiger charge is 2.17. The average Bonchev–Trinajstić information content (AvgIpc) is 2.62. The van der Waals surface area contributed by atoms with Gasteiger partial charge in [0.2, 0.25) is 0 Å². The molecule has 0 fully saturated rings. The van der Waals surface area contributed by atoms with Crippen LogP contribution in [0.25, 0.3) is 0 Å². The van der Waals surface area contributed by atoms with Crippen molar-refractivity contribution in [3.63, 3.8) is 0 Å². The highest BCUT2D eigenvalue weighted by molar-refractivity contribution is 14.1. The molecule has 90 valence electrons. The summed E-state index contributed by atoms with van der Waals surface area (Å²) in [5.41, 5.74) is 1.15. The molecule has 0 spiro atoms. The second kappa shape index (κ2) is 5.90. The zero-order valence-corrected chi connectivity index (χ0v) is 15.7. The third-order valence-electron chi connectivity index (χ3n) is 2.36. The fourth-order valence-corrected chi connectivity index (χ4v) is 4.61. The highest BCUT2D eigenvalue weighted by Crippen LogP contribution is 2.39. The fraction of sp³-hybridized carbons (Fsp3) is 0.167. The van der Waals surface area contributed by atoms with Crippen molar-refractivity contribution in [2.75, 3.05) is 0 Å². The van der Waals surface area contributed by atoms with Crippen LogP contribution >= 0.6 is 77.4 Å². The normalized spacial score (nSPS) is 12.8. The van der Waals surface area contributed by atoms with Crippen LogP contribution in [0.4, 0.5) is 0 Å². The van der Waals surface area contributed by atoms with Crippen LogP contribution in [0.3, 0.4) is 0 Å². The number of halogens is 4. The van der Waals surface area contributed by atoms with Crippen LogP contribution in [0.5, 0.6) is 0 Å². The van der Waals surface area contributed by atoms with Crippen LogP contribution < -0.4 is 0 Å². The lowest BCUT2D eigenvalue weighted by Gasteiger charge is -2.10. The molecule has 1 aromatic heterocycles. The molecule has 0 saturated carbocycles. The first-order valence-electron chi connectivity index (χ1n) is 4.84. The van der Waals surface area contributed by atoms with E-state index in [0.717, 1.165) is 14.5 Å². The number of aryl methyl sites for hydroxylation is 1. The van der Waals surface area contributed by atoms with Crippen molar-refractivity contribution in [3.8, 4) is 0 Å². The Bertz CT molecular complexity index is 534. The van der Waals surface area contributed by atoms with Crippen LogP contribution in [-0.2, 0) is 0 Å². The molecule has 0 aliphatic heterocycles. The first-order chi connectivity index (χ1) is 7.99. The summed E-state index contributed by atoms with van der Waals surface area (Å²) in [6, 6.07) is 8.30. The number of hydrogen-bond acceptors (Lipinski definition) is 1. The second-order valence-electron chi connectivity index (χ2n) is 3.58. The van der Waals surface area contributed by atoms with E-state index >= 15 is 0 Å². The number of benzene rings is 1. The van der Waals surface area contributed by atoms with Gasteiger partial charge in [-0.25, -0.2) is 0 Å². The van der Waals surface area contributed by atoms with E-state index in [2.05, 4.69) is 79.6 Å². The van der Waals surface area contributed by atoms with Crippen molar-refractivity contribution >= 4 is 77.4 Å². The maximum absolute atomic E-state index is 6.56. The van der Waals surface area contributed by atoms with Crippen molar-refractivity contribution in [1.82, 2.24) is 0 Å². The predicted molar refractivity (Wildman–Crippen MR) is 91.3 cm³/mol. The molecule has 0 bridgehead atoms. The monoisotopic (exact) mass is 504 g/mol. The fourth-order valence-electron chi connectivity index (χ4n) is 1.47. The van der Waals surface area contributed by atoms with Gasteiger partial charge in [-0.05, 0) is 75.3 Å². The molecular formula is C12H8Br2ClIS. The minimum absolute atomic E-state index is 0.0885. The van der Waals surface area contributed by atoms with Gasteiger partial charge in [-0.1, -0.05) is 15.9 Å². The summed E-state index contributed by atoms with van der Waals surface area (Å²) in [6.45, 7) is 2.09. The van der Waals surface area contributed by atoms with Gasteiger partial charge in [-0.2, -0.15) is 0 Å². The summed E-state index contributed by atoms with van der Waals surface area (Å²) in [5.74, 6) is 0. The summed E-state index contributed by atoms with van der Waals surface area (Å²) in [7, 11) is 0. The summed E-state index contributed by atoms with van der Waals surface area (Å²) < 4.78 is 3.38. The third-order valence-corrected chi connectivity index (χ3v) is 6.63. The Balaban J connectivity index is 2.42. The van der Waals surface area contributed by atoms with Crippen molar-refractivity contribution in [2.24, 2.45) is 0 Å². The Kier molecular flexibility index (Phi) is 4.97. The average molecular weight is 506 g/mol. The van der Waals surface area contributed by atoms with Crippen molar-refractivity contribution in [1.29, 1.82) is 0 Å². The van der Waals surface area contributed by atoms with Crippen LogP contribution in [0.1, 0.15) is 20.7 Å². The van der Waals surface area contributed by atoms with E-state index in [1.54, 1.807) is 11.3 Å². The standard InChI is InChI=1S/C12H8Br2ClIS/c1-6-9(14)5-11(17-6)12(15)8-4-7(13)2-3-10(8)16/h2-5,12H,1H3. The molecule has 5 heteroatoms. The van der Waals surface area contributed by atoms with Gasteiger partial charge in [-0.15, -0.1) is 22.9 Å². The lowest BCUT2D eigenvalue weighted by molar-refractivity contribution is 1.16. The molecule has 0 N–H and O–H groups in total. The van der Waals surface area contributed by atoms with Gasteiger partial charge in [0.05, 0.1) is 5.38 Å². The van der Waals surface area contributed by atoms with Crippen LogP contribution in [0.15, 0.2) is 33.2 Å². The van der Waals surface area contributed by atoms with Gasteiger partial charge in [0.25, 0.3) is 0 Å². The molecule has 0 nitrogen and oxygen atoms in total. The van der Waals surface area contributed by atoms with Gasteiger partial charge < -0.3 is 0 Å². The van der Waals surface area contributed by atoms with E-state index in [4.69, 9.17) is 11.6 Å². The van der Waals surface area contributed by atoms with E-state index in [1.807, 2.05) is 6.07 Å². The molecule has 17 heavy (non-hydrogen) atoms. The van der Waals surface area contributed by atoms with Crippen LogP contribution in [0, 0.1) is 10.5 Å². The Morgan fingerprint density at radius 3 is 2.59 bits per heavy atom. The molecule has 0 aliphatic carbocycles. The Hall–Kier alpha value is 0.900. The van der Waals surface area contributed by atoms with Gasteiger partial charge in [0.15, 0.2) is 0 Å². The predicted octanol–water partition coefficient (Wildman–Crippen LogP) is 6.51. The molecule has 2 aromatic rings. The molecule has 0 aliphatic rings. The van der Waals surface area contributed by atoms with Crippen molar-refractivity contribution < 1.29 is 0 Å². The molecular weight excluding hydrogens is 498 g/mol. The van der Waals surface area contributed by atoms with Crippen LogP contribution in [-0.4, -0.2) is 0 Å². The Morgan fingerprint density at radius 1 is 1.29 bits per heavy atom. The molecule has 1 heterocycles. The maximum atomic E-state index is 6.56. The SMILES string of the molecule is Cc1sc(C(Cl)c2cc(Br)ccc2I)cc1Br. The molecule has 1 atom stereocenters. The van der Waals surface area contributed by atoms with Gasteiger partial charge >= 0.3 is 0 Å². The van der Waals surface area contributed by atoms with E-state index < -0.39 is 0 Å². The lowest BCUT2D eigenvalue weighted by Crippen LogP contribution is -1.93. The highest BCUT2D eigenvalue weighted by atomic mass is 127. The third kappa shape index (κ3) is 3.26. The zero-order chi connectivity index (χ0) is 12.6. The Labute approximate surface area is 140 Å². The quantitative estimate of drug-likeness (QED) is 0.322. The molecule has 2 rings (SSSR count). The second-order valence-corrected chi connectivity index (χ2v) is 8.24. The summed E-state index contributed by atoms with van der Waals surface area (Å²) >= 11 is 17.6. The van der Waals surface area contributed by atoms with E-state index in [-0.39, 0.29) is 5.38 Å². The first-order valence-corrected chi connectivity index (χ1v) is 8.75. The smallest absolute Gasteiger partial charge is 0.0938 e. The number of alkyl halides is 1. The first kappa shape index (κ1) is 14.3. The Morgan fingerprint density at radius 2 is 2.00 bits per heavy atom. The van der Waals surface area contributed by atoms with Crippen LogP contribution in [0.2, 0.25) is 0 Å². The number of hydrogen-bond donors (Lipinski definition) is 0. The molecule has 1 unspecified atom stereocenters. The number of thiophene rings is 1. The van der Waals surface area contributed by atoms with E-state index in [1.165, 1.54) is 13.3 Å². The molecule has 0 radical (unpaired) electrons. The maximum Gasteiger partial charge on any atom is 0.0938 e. The minimum Gasteiger partial charge on any atom is -0.143 e. The molecule has 1 aromatic carbocycles. The molecule has 0 amide bonds. The summed E-state index contributed by atoms with van der Waals surface area (Å²) in [5, 5.41) is -0.0885. The van der Waals surface area contributed by atoms with E-state index in [9.17, 15) is 0 Å². The topological polar surface area (TPSA) is 0 Å². The lowest BCUT2D eigenvalue weighted by atomic mass is 10.1. The summed E-state index contributed by atoms with van der Waals surface area (Å²) in [4.78, 5) is 2.43. The summed E-state index contributed by atoms with van der Waals surface area (Å²) in [6.07, 6.45) is 0. The van der Waals surface area contributed by atoms with Gasteiger partial charge in [0.1, 0.15) is 0 Å². The number of rotatable bonds is 2.